The van der Waals surface area contributed by atoms with Crippen molar-refractivity contribution in [1.29, 1.82) is 0 Å². The Bertz CT molecular complexity index is 677. The van der Waals surface area contributed by atoms with Crippen LogP contribution in [0.4, 0.5) is 4.39 Å². The molecule has 1 N–H and O–H groups in total. The van der Waals surface area contributed by atoms with E-state index in [0.29, 0.717) is 13.1 Å². The third kappa shape index (κ3) is 4.61. The van der Waals surface area contributed by atoms with Gasteiger partial charge in [0.1, 0.15) is 5.82 Å². The molecule has 4 nitrogen and oxygen atoms in total. The van der Waals surface area contributed by atoms with Crippen molar-refractivity contribution >= 4 is 5.91 Å². The number of aromatic nitrogens is 1. The van der Waals surface area contributed by atoms with Gasteiger partial charge in [-0.3, -0.25) is 14.7 Å². The minimum Gasteiger partial charge on any atom is -0.352 e. The van der Waals surface area contributed by atoms with Crippen molar-refractivity contribution in [3.05, 3.63) is 65.7 Å². The molecule has 1 aliphatic rings. The highest BCUT2D eigenvalue weighted by Gasteiger charge is 2.25. The summed E-state index contributed by atoms with van der Waals surface area (Å²) < 4.78 is 13.3. The highest BCUT2D eigenvalue weighted by Crippen LogP contribution is 2.19. The Morgan fingerprint density at radius 1 is 1.25 bits per heavy atom. The van der Waals surface area contributed by atoms with Gasteiger partial charge in [0.05, 0.1) is 5.92 Å². The van der Waals surface area contributed by atoms with E-state index in [1.807, 2.05) is 18.2 Å². The zero-order valence-corrected chi connectivity index (χ0v) is 13.6. The molecule has 0 bridgehead atoms. The molecule has 1 fully saturated rings. The molecule has 2 aromatic rings. The monoisotopic (exact) mass is 327 g/mol. The number of carbonyl (C=O) groups is 1. The van der Waals surface area contributed by atoms with Crippen LogP contribution in [-0.2, 0) is 17.9 Å². The molecular formula is C19H22FN3O. The van der Waals surface area contributed by atoms with Crippen molar-refractivity contribution in [3.8, 4) is 0 Å². The maximum absolute atomic E-state index is 13.3. The zero-order chi connectivity index (χ0) is 16.8. The maximum atomic E-state index is 13.3. The van der Waals surface area contributed by atoms with Crippen molar-refractivity contribution in [2.24, 2.45) is 5.92 Å². The average molecular weight is 327 g/mol. The zero-order valence-electron chi connectivity index (χ0n) is 13.6. The first-order valence-electron chi connectivity index (χ1n) is 8.34. The lowest BCUT2D eigenvalue weighted by Gasteiger charge is -2.32. The van der Waals surface area contributed by atoms with Crippen LogP contribution in [0.15, 0.2) is 48.8 Å². The van der Waals surface area contributed by atoms with Crippen LogP contribution < -0.4 is 5.32 Å². The highest BCUT2D eigenvalue weighted by molar-refractivity contribution is 5.78. The van der Waals surface area contributed by atoms with Gasteiger partial charge in [-0.15, -0.1) is 0 Å². The first-order chi connectivity index (χ1) is 11.7. The predicted octanol–water partition coefficient (Wildman–Crippen LogP) is 2.75. The molecule has 5 heteroatoms. The van der Waals surface area contributed by atoms with Gasteiger partial charge in [0, 0.05) is 32.0 Å². The second-order valence-electron chi connectivity index (χ2n) is 6.28. The maximum Gasteiger partial charge on any atom is 0.224 e. The van der Waals surface area contributed by atoms with Crippen molar-refractivity contribution in [2.45, 2.75) is 25.9 Å². The van der Waals surface area contributed by atoms with E-state index >= 15 is 0 Å². The molecule has 0 saturated carbocycles. The third-order valence-corrected chi connectivity index (χ3v) is 4.39. The molecule has 3 rings (SSSR count). The lowest BCUT2D eigenvalue weighted by molar-refractivity contribution is -0.126. The molecule has 1 aliphatic heterocycles. The topological polar surface area (TPSA) is 45.2 Å². The summed E-state index contributed by atoms with van der Waals surface area (Å²) in [6.45, 7) is 2.89. The van der Waals surface area contributed by atoms with Gasteiger partial charge in [0.2, 0.25) is 5.91 Å². The van der Waals surface area contributed by atoms with E-state index in [1.165, 1.54) is 6.07 Å². The van der Waals surface area contributed by atoms with Gasteiger partial charge < -0.3 is 5.32 Å². The van der Waals surface area contributed by atoms with Gasteiger partial charge in [-0.2, -0.15) is 0 Å². The summed E-state index contributed by atoms with van der Waals surface area (Å²) in [5, 5.41) is 3.01. The van der Waals surface area contributed by atoms with Crippen LogP contribution in [0.2, 0.25) is 0 Å². The number of nitrogens with one attached hydrogen (secondary N) is 1. The van der Waals surface area contributed by atoms with Crippen LogP contribution in [-0.4, -0.2) is 28.9 Å². The first kappa shape index (κ1) is 16.6. The van der Waals surface area contributed by atoms with Gasteiger partial charge >= 0.3 is 0 Å². The summed E-state index contributed by atoms with van der Waals surface area (Å²) in [6, 6.07) is 10.5. The Balaban J connectivity index is 1.52. The molecule has 1 atom stereocenters. The smallest absolute Gasteiger partial charge is 0.224 e. The molecule has 0 spiro atoms. The number of benzene rings is 1. The second-order valence-corrected chi connectivity index (χ2v) is 6.28. The number of hydrogen-bond acceptors (Lipinski definition) is 3. The van der Waals surface area contributed by atoms with Gasteiger partial charge in [-0.05, 0) is 54.8 Å². The van der Waals surface area contributed by atoms with Gasteiger partial charge in [-0.1, -0.05) is 12.1 Å². The quantitative estimate of drug-likeness (QED) is 0.918. The molecule has 126 valence electrons. The van der Waals surface area contributed by atoms with Crippen LogP contribution in [0.5, 0.6) is 0 Å². The molecule has 0 unspecified atom stereocenters. The molecule has 1 amide bonds. The summed E-state index contributed by atoms with van der Waals surface area (Å²) in [6.07, 6.45) is 5.34. The number of hydrogen-bond donors (Lipinski definition) is 1. The van der Waals surface area contributed by atoms with Crippen LogP contribution in [0.1, 0.15) is 24.0 Å². The lowest BCUT2D eigenvalue weighted by atomic mass is 9.96. The summed E-state index contributed by atoms with van der Waals surface area (Å²) in [5.41, 5.74) is 2.00. The Labute approximate surface area is 141 Å². The molecule has 1 aromatic carbocycles. The van der Waals surface area contributed by atoms with E-state index in [9.17, 15) is 9.18 Å². The average Bonchev–Trinajstić information content (AvgIpc) is 2.61. The standard InChI is InChI=1S/C19H22FN3O/c20-18-5-1-3-16(11-18)13-23-10-2-4-17(14-23)19(24)22-12-15-6-8-21-9-7-15/h1,3,5-9,11,17H,2,4,10,12-14H2,(H,22,24)/t17-/m1/s1. The van der Waals surface area contributed by atoms with Crippen LogP contribution >= 0.6 is 0 Å². The Hall–Kier alpha value is -2.27. The molecule has 24 heavy (non-hydrogen) atoms. The number of rotatable bonds is 5. The number of carbonyl (C=O) groups excluding carboxylic acids is 1. The van der Waals surface area contributed by atoms with E-state index in [1.54, 1.807) is 24.5 Å². The van der Waals surface area contributed by atoms with E-state index in [0.717, 1.165) is 37.1 Å². The van der Waals surface area contributed by atoms with Crippen LogP contribution in [0.3, 0.4) is 0 Å². The minimum atomic E-state index is -0.212. The van der Waals surface area contributed by atoms with E-state index < -0.39 is 0 Å². The summed E-state index contributed by atoms with van der Waals surface area (Å²) in [7, 11) is 0. The fourth-order valence-corrected chi connectivity index (χ4v) is 3.14. The number of likely N-dealkylation sites (tertiary alicyclic amines) is 1. The largest absolute Gasteiger partial charge is 0.352 e. The third-order valence-electron chi connectivity index (χ3n) is 4.39. The second kappa shape index (κ2) is 8.02. The van der Waals surface area contributed by atoms with Gasteiger partial charge in [0.25, 0.3) is 0 Å². The number of pyridine rings is 1. The molecule has 0 radical (unpaired) electrons. The van der Waals surface area contributed by atoms with Gasteiger partial charge in [0.15, 0.2) is 0 Å². The molecule has 2 heterocycles. The Kier molecular flexibility index (Phi) is 5.54. The van der Waals surface area contributed by atoms with Crippen molar-refractivity contribution in [1.82, 2.24) is 15.2 Å². The van der Waals surface area contributed by atoms with Crippen molar-refractivity contribution < 1.29 is 9.18 Å². The predicted molar refractivity (Wildman–Crippen MR) is 90.5 cm³/mol. The molecule has 1 saturated heterocycles. The SMILES string of the molecule is O=C(NCc1ccncc1)[C@@H]1CCCN(Cc2cccc(F)c2)C1. The van der Waals surface area contributed by atoms with Crippen LogP contribution in [0.25, 0.3) is 0 Å². The summed E-state index contributed by atoms with van der Waals surface area (Å²) in [5.74, 6) is -0.124. The normalized spacial score (nSPS) is 18.3. The minimum absolute atomic E-state index is 0.00542. The summed E-state index contributed by atoms with van der Waals surface area (Å²) >= 11 is 0. The van der Waals surface area contributed by atoms with Crippen molar-refractivity contribution in [2.75, 3.05) is 13.1 Å². The molecular weight excluding hydrogens is 305 g/mol. The molecule has 1 aromatic heterocycles. The highest BCUT2D eigenvalue weighted by atomic mass is 19.1. The first-order valence-corrected chi connectivity index (χ1v) is 8.34. The van der Waals surface area contributed by atoms with E-state index in [2.05, 4.69) is 15.2 Å². The summed E-state index contributed by atoms with van der Waals surface area (Å²) in [4.78, 5) is 18.6. The number of piperidine rings is 1. The molecule has 0 aliphatic carbocycles. The van der Waals surface area contributed by atoms with E-state index in [-0.39, 0.29) is 17.6 Å². The van der Waals surface area contributed by atoms with Gasteiger partial charge in [-0.25, -0.2) is 4.39 Å². The Morgan fingerprint density at radius 2 is 2.08 bits per heavy atom. The van der Waals surface area contributed by atoms with Crippen molar-refractivity contribution in [3.63, 3.8) is 0 Å². The number of halogens is 1. The lowest BCUT2D eigenvalue weighted by Crippen LogP contribution is -2.42. The van der Waals surface area contributed by atoms with Crippen LogP contribution in [0, 0.1) is 11.7 Å². The van der Waals surface area contributed by atoms with E-state index in [4.69, 9.17) is 0 Å². The fraction of sp³-hybridized carbons (Fsp3) is 0.368. The number of nitrogens with zero attached hydrogens (tertiary/aromatic N) is 2. The fourth-order valence-electron chi connectivity index (χ4n) is 3.14. The Morgan fingerprint density at radius 3 is 2.88 bits per heavy atom. The number of amides is 1.